The van der Waals surface area contributed by atoms with Gasteiger partial charge in [0.2, 0.25) is 0 Å². The van der Waals surface area contributed by atoms with Crippen LogP contribution >= 0.6 is 0 Å². The Morgan fingerprint density at radius 1 is 0.941 bits per heavy atom. The van der Waals surface area contributed by atoms with E-state index in [1.54, 1.807) is 31.4 Å². The Labute approximate surface area is 198 Å². The first kappa shape index (κ1) is 23.3. The lowest BCUT2D eigenvalue weighted by Gasteiger charge is -2.27. The molecular weight excluding hydrogens is 434 g/mol. The molecule has 3 aromatic rings. The molecule has 1 N–H and O–H groups in total. The number of aliphatic hydroxyl groups excluding tert-OH is 1. The molecular formula is C27H27NO6. The Bertz CT molecular complexity index is 1260. The van der Waals surface area contributed by atoms with E-state index in [9.17, 15) is 14.7 Å². The van der Waals surface area contributed by atoms with Crippen LogP contribution in [-0.4, -0.2) is 56.2 Å². The zero-order valence-corrected chi connectivity index (χ0v) is 19.4. The van der Waals surface area contributed by atoms with Crippen LogP contribution in [0.2, 0.25) is 0 Å². The number of nitrogens with zero attached hydrogens (tertiary/aromatic N) is 1. The summed E-state index contributed by atoms with van der Waals surface area (Å²) in [6.45, 7) is 0.698. The molecule has 1 aliphatic heterocycles. The van der Waals surface area contributed by atoms with Gasteiger partial charge in [-0.1, -0.05) is 54.6 Å². The maximum absolute atomic E-state index is 13.3. The number of ketones is 1. The maximum atomic E-state index is 13.3. The first-order valence-electron chi connectivity index (χ1n) is 11.0. The van der Waals surface area contributed by atoms with E-state index in [0.717, 1.165) is 10.8 Å². The van der Waals surface area contributed by atoms with Gasteiger partial charge in [0.1, 0.15) is 5.76 Å². The van der Waals surface area contributed by atoms with E-state index in [4.69, 9.17) is 14.2 Å². The van der Waals surface area contributed by atoms with Crippen molar-refractivity contribution in [1.82, 2.24) is 4.90 Å². The summed E-state index contributed by atoms with van der Waals surface area (Å²) in [5.41, 5.74) is 1.06. The van der Waals surface area contributed by atoms with Crippen molar-refractivity contribution in [1.29, 1.82) is 0 Å². The van der Waals surface area contributed by atoms with Gasteiger partial charge >= 0.3 is 0 Å². The average molecular weight is 462 g/mol. The first-order chi connectivity index (χ1) is 16.5. The summed E-state index contributed by atoms with van der Waals surface area (Å²) in [7, 11) is 4.60. The van der Waals surface area contributed by atoms with Crippen molar-refractivity contribution < 1.29 is 28.9 Å². The predicted octanol–water partition coefficient (Wildman–Crippen LogP) is 4.32. The molecule has 0 radical (unpaired) electrons. The molecule has 1 fully saturated rings. The van der Waals surface area contributed by atoms with Gasteiger partial charge in [-0.3, -0.25) is 9.59 Å². The van der Waals surface area contributed by atoms with Crippen molar-refractivity contribution in [2.45, 2.75) is 12.5 Å². The number of ether oxygens (including phenoxy) is 3. The molecule has 34 heavy (non-hydrogen) atoms. The van der Waals surface area contributed by atoms with Gasteiger partial charge in [-0.15, -0.1) is 0 Å². The highest BCUT2D eigenvalue weighted by Gasteiger charge is 2.47. The number of carbonyl (C=O) groups is 2. The number of hydrogen-bond acceptors (Lipinski definition) is 6. The normalized spacial score (nSPS) is 17.4. The number of Topliss-reactive ketones (excluding diaryl/α,β-unsaturated/α-hetero) is 1. The predicted molar refractivity (Wildman–Crippen MR) is 129 cm³/mol. The lowest BCUT2D eigenvalue weighted by atomic mass is 9.92. The molecule has 7 heteroatoms. The van der Waals surface area contributed by atoms with Crippen molar-refractivity contribution in [2.24, 2.45) is 0 Å². The van der Waals surface area contributed by atoms with E-state index in [1.165, 1.54) is 19.1 Å². The summed E-state index contributed by atoms with van der Waals surface area (Å²) in [5, 5.41) is 13.2. The summed E-state index contributed by atoms with van der Waals surface area (Å²) >= 11 is 0. The van der Waals surface area contributed by atoms with Gasteiger partial charge in [0.05, 0.1) is 25.8 Å². The van der Waals surface area contributed by atoms with Crippen LogP contribution in [0, 0.1) is 0 Å². The minimum Gasteiger partial charge on any atom is -0.507 e. The molecule has 0 spiro atoms. The second-order valence-corrected chi connectivity index (χ2v) is 7.95. The van der Waals surface area contributed by atoms with E-state index in [2.05, 4.69) is 0 Å². The Morgan fingerprint density at radius 2 is 1.68 bits per heavy atom. The SMILES string of the molecule is COCCCN1C(=O)C(=O)/C(=C(/O)c2cccc3ccccc23)C1c1cccc(OC)c1OC. The molecule has 0 saturated carbocycles. The van der Waals surface area contributed by atoms with Crippen LogP contribution in [0.4, 0.5) is 0 Å². The Hall–Kier alpha value is -3.84. The number of benzene rings is 3. The largest absolute Gasteiger partial charge is 0.507 e. The molecule has 1 heterocycles. The number of aliphatic hydroxyl groups is 1. The zero-order valence-electron chi connectivity index (χ0n) is 19.4. The Morgan fingerprint density at radius 3 is 2.41 bits per heavy atom. The lowest BCUT2D eigenvalue weighted by molar-refractivity contribution is -0.140. The van der Waals surface area contributed by atoms with Gasteiger partial charge in [-0.2, -0.15) is 0 Å². The number of rotatable bonds is 8. The smallest absolute Gasteiger partial charge is 0.295 e. The molecule has 0 bridgehead atoms. The highest BCUT2D eigenvalue weighted by Crippen LogP contribution is 2.46. The van der Waals surface area contributed by atoms with Gasteiger partial charge in [0.15, 0.2) is 11.5 Å². The Kier molecular flexibility index (Phi) is 6.84. The van der Waals surface area contributed by atoms with Gasteiger partial charge in [0.25, 0.3) is 11.7 Å². The third-order valence-electron chi connectivity index (χ3n) is 6.06. The summed E-state index contributed by atoms with van der Waals surface area (Å²) in [5.74, 6) is -0.769. The van der Waals surface area contributed by atoms with Gasteiger partial charge < -0.3 is 24.2 Å². The van der Waals surface area contributed by atoms with Crippen LogP contribution in [0.15, 0.2) is 66.2 Å². The lowest BCUT2D eigenvalue weighted by Crippen LogP contribution is -2.31. The number of carbonyl (C=O) groups excluding carboxylic acids is 2. The fraction of sp³-hybridized carbons (Fsp3) is 0.259. The molecule has 0 aliphatic carbocycles. The van der Waals surface area contributed by atoms with Crippen LogP contribution in [-0.2, 0) is 14.3 Å². The third-order valence-corrected chi connectivity index (χ3v) is 6.06. The monoisotopic (exact) mass is 461 g/mol. The fourth-order valence-electron chi connectivity index (χ4n) is 4.52. The molecule has 1 amide bonds. The van der Waals surface area contributed by atoms with Crippen LogP contribution in [0.3, 0.4) is 0 Å². The number of fused-ring (bicyclic) bond motifs is 1. The van der Waals surface area contributed by atoms with E-state index >= 15 is 0 Å². The molecule has 4 rings (SSSR count). The summed E-state index contributed by atoms with van der Waals surface area (Å²) < 4.78 is 16.2. The maximum Gasteiger partial charge on any atom is 0.295 e. The number of amides is 1. The topological polar surface area (TPSA) is 85.3 Å². The third kappa shape index (κ3) is 3.99. The average Bonchev–Trinajstić information content (AvgIpc) is 3.12. The molecule has 0 aromatic heterocycles. The molecule has 1 saturated heterocycles. The van der Waals surface area contributed by atoms with Gasteiger partial charge in [0, 0.05) is 31.4 Å². The number of para-hydroxylation sites is 1. The van der Waals surface area contributed by atoms with E-state index in [1.807, 2.05) is 36.4 Å². The van der Waals surface area contributed by atoms with Crippen LogP contribution in [0.25, 0.3) is 16.5 Å². The van der Waals surface area contributed by atoms with Gasteiger partial charge in [-0.25, -0.2) is 0 Å². The minimum atomic E-state index is -0.846. The van der Waals surface area contributed by atoms with Crippen molar-refractivity contribution in [3.05, 3.63) is 77.4 Å². The van der Waals surface area contributed by atoms with Crippen LogP contribution < -0.4 is 9.47 Å². The first-order valence-corrected chi connectivity index (χ1v) is 11.0. The molecule has 1 unspecified atom stereocenters. The highest BCUT2D eigenvalue weighted by molar-refractivity contribution is 6.46. The molecule has 1 aliphatic rings. The molecule has 7 nitrogen and oxygen atoms in total. The standard InChI is InChI=1S/C27H27NO6/c1-32-16-8-15-28-23(20-13-7-14-21(33-2)26(20)34-3)22(25(30)27(28)31)24(29)19-12-6-10-17-9-4-5-11-18(17)19/h4-7,9-14,23,29H,8,15-16H2,1-3H3/b24-22+. The molecule has 1 atom stereocenters. The second kappa shape index (κ2) is 9.97. The number of likely N-dealkylation sites (tertiary alicyclic amines) is 1. The number of hydrogen-bond donors (Lipinski definition) is 1. The summed E-state index contributed by atoms with van der Waals surface area (Å²) in [6, 6.07) is 17.5. The molecule has 3 aromatic carbocycles. The summed E-state index contributed by atoms with van der Waals surface area (Å²) in [6.07, 6.45) is 0.528. The van der Waals surface area contributed by atoms with E-state index < -0.39 is 17.7 Å². The van der Waals surface area contributed by atoms with E-state index in [0.29, 0.717) is 35.7 Å². The number of methoxy groups -OCH3 is 3. The fourth-order valence-corrected chi connectivity index (χ4v) is 4.52. The van der Waals surface area contributed by atoms with Crippen molar-refractivity contribution >= 4 is 28.2 Å². The van der Waals surface area contributed by atoms with E-state index in [-0.39, 0.29) is 17.9 Å². The van der Waals surface area contributed by atoms with Crippen LogP contribution in [0.5, 0.6) is 11.5 Å². The quantitative estimate of drug-likeness (QED) is 0.233. The minimum absolute atomic E-state index is 0.0188. The van der Waals surface area contributed by atoms with Crippen molar-refractivity contribution in [2.75, 3.05) is 34.5 Å². The zero-order chi connectivity index (χ0) is 24.2. The van der Waals surface area contributed by atoms with Crippen molar-refractivity contribution in [3.63, 3.8) is 0 Å². The van der Waals surface area contributed by atoms with Crippen molar-refractivity contribution in [3.8, 4) is 11.5 Å². The Balaban J connectivity index is 1.96. The molecule has 176 valence electrons. The highest BCUT2D eigenvalue weighted by atomic mass is 16.5. The van der Waals surface area contributed by atoms with Crippen LogP contribution in [0.1, 0.15) is 23.6 Å². The summed E-state index contributed by atoms with van der Waals surface area (Å²) in [4.78, 5) is 28.0. The van der Waals surface area contributed by atoms with Gasteiger partial charge in [-0.05, 0) is 23.3 Å². The second-order valence-electron chi connectivity index (χ2n) is 7.95.